The third kappa shape index (κ3) is 2.46. The van der Waals surface area contributed by atoms with E-state index in [-0.39, 0.29) is 12.0 Å². The number of pyridine rings is 1. The Balaban J connectivity index is 1.77. The summed E-state index contributed by atoms with van der Waals surface area (Å²) in [5.74, 6) is -1.07. The highest BCUT2D eigenvalue weighted by Crippen LogP contribution is 2.41. The smallest absolute Gasteiger partial charge is 0.415 e. The number of aliphatic carboxylic acids is 1. The summed E-state index contributed by atoms with van der Waals surface area (Å²) in [6, 6.07) is 3.65. The fraction of sp³-hybridized carbons (Fsp3) is 0.533. The van der Waals surface area contributed by atoms with Crippen molar-refractivity contribution in [2.75, 3.05) is 11.4 Å². The minimum Gasteiger partial charge on any atom is -0.481 e. The fourth-order valence-corrected chi connectivity index (χ4v) is 3.22. The summed E-state index contributed by atoms with van der Waals surface area (Å²) in [7, 11) is 0. The molecular weight excluding hydrogens is 272 g/mol. The van der Waals surface area contributed by atoms with Crippen LogP contribution < -0.4 is 4.90 Å². The van der Waals surface area contributed by atoms with Crippen LogP contribution in [0.3, 0.4) is 0 Å². The van der Waals surface area contributed by atoms with Gasteiger partial charge < -0.3 is 9.84 Å². The Morgan fingerprint density at radius 3 is 2.81 bits per heavy atom. The van der Waals surface area contributed by atoms with Gasteiger partial charge in [-0.15, -0.1) is 0 Å². The lowest BCUT2D eigenvalue weighted by Crippen LogP contribution is -2.40. The van der Waals surface area contributed by atoms with E-state index in [0.29, 0.717) is 32.2 Å². The van der Waals surface area contributed by atoms with Crippen LogP contribution >= 0.6 is 0 Å². The predicted molar refractivity (Wildman–Crippen MR) is 75.1 cm³/mol. The molecule has 0 radical (unpaired) electrons. The van der Waals surface area contributed by atoms with Crippen LogP contribution in [-0.4, -0.2) is 34.3 Å². The van der Waals surface area contributed by atoms with E-state index < -0.39 is 11.6 Å². The highest BCUT2D eigenvalue weighted by atomic mass is 16.6. The predicted octanol–water partition coefficient (Wildman–Crippen LogP) is 2.36. The molecule has 0 bridgehead atoms. The molecule has 6 nitrogen and oxygen atoms in total. The van der Waals surface area contributed by atoms with Crippen molar-refractivity contribution < 1.29 is 19.4 Å². The van der Waals surface area contributed by atoms with Crippen LogP contribution in [0.25, 0.3) is 0 Å². The Morgan fingerprint density at radius 1 is 1.48 bits per heavy atom. The maximum absolute atomic E-state index is 12.2. The Bertz CT molecular complexity index is 579. The lowest BCUT2D eigenvalue weighted by Gasteiger charge is -2.33. The van der Waals surface area contributed by atoms with Crippen molar-refractivity contribution in [3.05, 3.63) is 24.0 Å². The van der Waals surface area contributed by atoms with Gasteiger partial charge in [0.05, 0.1) is 23.8 Å². The van der Waals surface area contributed by atoms with E-state index in [9.17, 15) is 9.59 Å². The second-order valence-corrected chi connectivity index (χ2v) is 5.86. The monoisotopic (exact) mass is 290 g/mol. The summed E-state index contributed by atoms with van der Waals surface area (Å²) in [6.45, 7) is 2.33. The summed E-state index contributed by atoms with van der Waals surface area (Å²) in [4.78, 5) is 29.0. The molecule has 1 saturated carbocycles. The topological polar surface area (TPSA) is 79.7 Å². The zero-order chi connectivity index (χ0) is 15.0. The molecule has 1 amide bonds. The number of ether oxygens (including phenoxy) is 1. The molecule has 1 aromatic rings. The molecule has 21 heavy (non-hydrogen) atoms. The Hall–Kier alpha value is -2.11. The second-order valence-electron chi connectivity index (χ2n) is 5.86. The van der Waals surface area contributed by atoms with E-state index in [0.717, 1.165) is 11.4 Å². The summed E-state index contributed by atoms with van der Waals surface area (Å²) >= 11 is 0. The first-order chi connectivity index (χ1) is 10.0. The van der Waals surface area contributed by atoms with Crippen molar-refractivity contribution in [1.82, 2.24) is 4.98 Å². The van der Waals surface area contributed by atoms with Gasteiger partial charge in [-0.1, -0.05) is 0 Å². The number of carbonyl (C=O) groups excluding carboxylic acids is 1. The van der Waals surface area contributed by atoms with Crippen molar-refractivity contribution in [2.24, 2.45) is 5.92 Å². The van der Waals surface area contributed by atoms with Gasteiger partial charge >= 0.3 is 12.1 Å². The summed E-state index contributed by atoms with van der Waals surface area (Å²) in [6.07, 6.45) is 3.65. The average Bonchev–Trinajstić information content (AvgIpc) is 2.76. The van der Waals surface area contributed by atoms with Crippen LogP contribution in [0.5, 0.6) is 0 Å². The third-order valence-electron chi connectivity index (χ3n) is 4.49. The lowest BCUT2D eigenvalue weighted by molar-refractivity contribution is -0.144. The average molecular weight is 290 g/mol. The zero-order valence-corrected chi connectivity index (χ0v) is 11.9. The number of anilines is 1. The van der Waals surface area contributed by atoms with Crippen molar-refractivity contribution in [2.45, 2.75) is 38.2 Å². The first kappa shape index (κ1) is 13.9. The largest absolute Gasteiger partial charge is 0.481 e. The molecule has 2 heterocycles. The molecule has 1 N–H and O–H groups in total. The number of carboxylic acids is 1. The molecule has 112 valence electrons. The minimum absolute atomic E-state index is 0.316. The number of hydrogen-bond donors (Lipinski definition) is 1. The quantitative estimate of drug-likeness (QED) is 0.904. The molecule has 0 aromatic carbocycles. The standard InChI is InChI=1S/C15H18N2O4/c1-10-12(3-2-8-16-10)17-9-15(21-14(17)20)6-4-11(5-7-15)13(18)19/h2-3,8,11H,4-7,9H2,1H3,(H,18,19)/t11-,15-. The lowest BCUT2D eigenvalue weighted by atomic mass is 9.79. The molecule has 1 saturated heterocycles. The molecule has 0 atom stereocenters. The summed E-state index contributed by atoms with van der Waals surface area (Å²) in [5, 5.41) is 9.06. The zero-order valence-electron chi connectivity index (χ0n) is 11.9. The van der Waals surface area contributed by atoms with Gasteiger partial charge in [-0.2, -0.15) is 0 Å². The SMILES string of the molecule is Cc1ncccc1N1C[C@]2(CC[C@@H](C(=O)O)CC2)OC1=O. The number of amides is 1. The normalized spacial score (nSPS) is 28.7. The van der Waals surface area contributed by atoms with E-state index >= 15 is 0 Å². The molecule has 1 aromatic heterocycles. The van der Waals surface area contributed by atoms with Crippen molar-refractivity contribution in [1.29, 1.82) is 0 Å². The van der Waals surface area contributed by atoms with Crippen molar-refractivity contribution >= 4 is 17.7 Å². The van der Waals surface area contributed by atoms with Gasteiger partial charge in [0.15, 0.2) is 0 Å². The van der Waals surface area contributed by atoms with Gasteiger partial charge in [0.2, 0.25) is 0 Å². The highest BCUT2D eigenvalue weighted by molar-refractivity contribution is 5.91. The molecule has 1 aliphatic heterocycles. The summed E-state index contributed by atoms with van der Waals surface area (Å²) < 4.78 is 5.61. The number of aromatic nitrogens is 1. The Labute approximate surface area is 122 Å². The van der Waals surface area contributed by atoms with E-state index in [1.165, 1.54) is 0 Å². The number of rotatable bonds is 2. The van der Waals surface area contributed by atoms with Crippen molar-refractivity contribution in [3.63, 3.8) is 0 Å². The number of nitrogens with zero attached hydrogens (tertiary/aromatic N) is 2. The van der Waals surface area contributed by atoms with Gasteiger partial charge in [-0.3, -0.25) is 14.7 Å². The van der Waals surface area contributed by atoms with Gasteiger partial charge in [-0.25, -0.2) is 4.79 Å². The molecule has 6 heteroatoms. The maximum Gasteiger partial charge on any atom is 0.415 e. The molecule has 1 aliphatic carbocycles. The maximum atomic E-state index is 12.2. The number of aryl methyl sites for hydroxylation is 1. The van der Waals surface area contributed by atoms with Gasteiger partial charge in [0.1, 0.15) is 5.60 Å². The molecule has 2 fully saturated rings. The molecule has 1 spiro atoms. The molecular formula is C15H18N2O4. The van der Waals surface area contributed by atoms with Crippen LogP contribution in [0.1, 0.15) is 31.4 Å². The van der Waals surface area contributed by atoms with Gasteiger partial charge in [-0.05, 0) is 44.7 Å². The summed E-state index contributed by atoms with van der Waals surface area (Å²) in [5.41, 5.74) is 1.01. The van der Waals surface area contributed by atoms with E-state index in [2.05, 4.69) is 4.98 Å². The van der Waals surface area contributed by atoms with Crippen LogP contribution in [0.4, 0.5) is 10.5 Å². The van der Waals surface area contributed by atoms with E-state index in [1.807, 2.05) is 13.0 Å². The first-order valence-corrected chi connectivity index (χ1v) is 7.16. The Morgan fingerprint density at radius 2 is 2.19 bits per heavy atom. The number of carboxylic acid groups (broad SMARTS) is 1. The van der Waals surface area contributed by atoms with E-state index in [1.54, 1.807) is 17.2 Å². The van der Waals surface area contributed by atoms with Gasteiger partial charge in [0, 0.05) is 6.20 Å². The van der Waals surface area contributed by atoms with Crippen LogP contribution in [-0.2, 0) is 9.53 Å². The highest BCUT2D eigenvalue weighted by Gasteiger charge is 2.48. The minimum atomic E-state index is -0.755. The van der Waals surface area contributed by atoms with Crippen LogP contribution in [0.15, 0.2) is 18.3 Å². The van der Waals surface area contributed by atoms with E-state index in [4.69, 9.17) is 9.84 Å². The van der Waals surface area contributed by atoms with Crippen LogP contribution in [0.2, 0.25) is 0 Å². The molecule has 2 aliphatic rings. The van der Waals surface area contributed by atoms with Crippen molar-refractivity contribution in [3.8, 4) is 0 Å². The first-order valence-electron chi connectivity index (χ1n) is 7.16. The van der Waals surface area contributed by atoms with Crippen LogP contribution in [0, 0.1) is 12.8 Å². The molecule has 0 unspecified atom stereocenters. The number of hydrogen-bond acceptors (Lipinski definition) is 4. The fourth-order valence-electron chi connectivity index (χ4n) is 3.22. The number of carbonyl (C=O) groups is 2. The Kier molecular flexibility index (Phi) is 3.31. The van der Waals surface area contributed by atoms with Gasteiger partial charge in [0.25, 0.3) is 0 Å². The molecule has 3 rings (SSSR count). The third-order valence-corrected chi connectivity index (χ3v) is 4.49. The second kappa shape index (κ2) is 5.02.